The number of fused-ring (bicyclic) bond motifs is 1. The van der Waals surface area contributed by atoms with Crippen LogP contribution in [0.1, 0.15) is 38.0 Å². The molecule has 2 nitrogen and oxygen atoms in total. The summed E-state index contributed by atoms with van der Waals surface area (Å²) in [4.78, 5) is 11.9. The van der Waals surface area contributed by atoms with E-state index >= 15 is 0 Å². The molecule has 108 valence electrons. The summed E-state index contributed by atoms with van der Waals surface area (Å²) in [5, 5.41) is 3.21. The first-order valence-electron chi connectivity index (χ1n) is 6.87. The van der Waals surface area contributed by atoms with Gasteiger partial charge in [0.05, 0.1) is 5.38 Å². The van der Waals surface area contributed by atoms with Crippen LogP contribution in [-0.2, 0) is 6.42 Å². The number of rotatable bonds is 2. The lowest BCUT2D eigenvalue weighted by atomic mass is 9.94. The minimum absolute atomic E-state index is 0.0239. The van der Waals surface area contributed by atoms with E-state index in [-0.39, 0.29) is 11.3 Å². The number of carbonyl (C=O) groups excluding carboxylic acids is 1. The summed E-state index contributed by atoms with van der Waals surface area (Å²) < 4.78 is 0. The van der Waals surface area contributed by atoms with E-state index in [2.05, 4.69) is 5.32 Å². The van der Waals surface area contributed by atoms with E-state index in [0.717, 1.165) is 34.2 Å². The number of hydrogen-bond donors (Lipinski definition) is 1. The van der Waals surface area contributed by atoms with Gasteiger partial charge < -0.3 is 5.32 Å². The molecule has 0 saturated carbocycles. The topological polar surface area (TPSA) is 29.1 Å². The first-order valence-corrected chi connectivity index (χ1v) is 7.68. The highest BCUT2D eigenvalue weighted by Crippen LogP contribution is 2.32. The minimum atomic E-state index is -0.317. The highest BCUT2D eigenvalue weighted by Gasteiger charge is 2.19. The molecule has 0 fully saturated rings. The molecule has 21 heavy (non-hydrogen) atoms. The number of amides is 1. The zero-order chi connectivity index (χ0) is 15.0. The number of nitrogens with one attached hydrogen (secondary N) is 1. The maximum Gasteiger partial charge on any atom is 0.251 e. The molecule has 0 aliphatic carbocycles. The fourth-order valence-electron chi connectivity index (χ4n) is 2.69. The van der Waals surface area contributed by atoms with Gasteiger partial charge in [-0.2, -0.15) is 0 Å². The van der Waals surface area contributed by atoms with E-state index in [4.69, 9.17) is 23.2 Å². The van der Waals surface area contributed by atoms with Crippen molar-refractivity contribution in [2.75, 3.05) is 6.54 Å². The zero-order valence-corrected chi connectivity index (χ0v) is 13.1. The predicted octanol–water partition coefficient (Wildman–Crippen LogP) is 4.26. The van der Waals surface area contributed by atoms with Crippen molar-refractivity contribution in [2.45, 2.75) is 18.7 Å². The van der Waals surface area contributed by atoms with Gasteiger partial charge >= 0.3 is 0 Å². The summed E-state index contributed by atoms with van der Waals surface area (Å²) in [5.41, 5.74) is 4.72. The van der Waals surface area contributed by atoms with Crippen LogP contribution in [0.2, 0.25) is 5.02 Å². The molecule has 1 atom stereocenters. The van der Waals surface area contributed by atoms with Gasteiger partial charge in [0.25, 0.3) is 5.91 Å². The smallest absolute Gasteiger partial charge is 0.251 e. The third-order valence-corrected chi connectivity index (χ3v) is 4.43. The summed E-state index contributed by atoms with van der Waals surface area (Å²) in [5.74, 6) is -0.0239. The predicted molar refractivity (Wildman–Crippen MR) is 86.4 cm³/mol. The summed E-state index contributed by atoms with van der Waals surface area (Å²) in [6.45, 7) is 2.68. The molecule has 0 spiro atoms. The van der Waals surface area contributed by atoms with E-state index < -0.39 is 0 Å². The molecule has 2 aromatic rings. The Kier molecular flexibility index (Phi) is 3.92. The molecule has 3 rings (SSSR count). The lowest BCUT2D eigenvalue weighted by Crippen LogP contribution is -2.31. The second-order valence-corrected chi connectivity index (χ2v) is 6.22. The molecule has 0 radical (unpaired) electrons. The van der Waals surface area contributed by atoms with Crippen molar-refractivity contribution in [3.8, 4) is 0 Å². The van der Waals surface area contributed by atoms with Crippen molar-refractivity contribution >= 4 is 29.1 Å². The Morgan fingerprint density at radius 1 is 1.14 bits per heavy atom. The second kappa shape index (κ2) is 5.70. The van der Waals surface area contributed by atoms with Gasteiger partial charge in [0.1, 0.15) is 0 Å². The first-order chi connectivity index (χ1) is 10.0. The zero-order valence-electron chi connectivity index (χ0n) is 11.6. The van der Waals surface area contributed by atoms with Crippen molar-refractivity contribution in [2.24, 2.45) is 0 Å². The molecule has 1 unspecified atom stereocenters. The second-order valence-electron chi connectivity index (χ2n) is 5.35. The Bertz CT molecular complexity index is 692. The third-order valence-electron chi connectivity index (χ3n) is 3.71. The number of benzene rings is 2. The molecular formula is C17H15Cl2NO. The Balaban J connectivity index is 2.00. The van der Waals surface area contributed by atoms with Gasteiger partial charge in [0.2, 0.25) is 0 Å². The van der Waals surface area contributed by atoms with E-state index in [0.29, 0.717) is 11.6 Å². The molecule has 0 bridgehead atoms. The maximum absolute atomic E-state index is 11.9. The normalized spacial score (nSPS) is 15.3. The fourth-order valence-corrected chi connectivity index (χ4v) is 3.25. The van der Waals surface area contributed by atoms with E-state index in [1.807, 2.05) is 43.3 Å². The molecule has 1 N–H and O–H groups in total. The average Bonchev–Trinajstić information content (AvgIpc) is 2.45. The van der Waals surface area contributed by atoms with Gasteiger partial charge in [0, 0.05) is 17.1 Å². The Hall–Kier alpha value is -1.51. The molecule has 1 aliphatic rings. The van der Waals surface area contributed by atoms with E-state index in [1.54, 1.807) is 0 Å². The van der Waals surface area contributed by atoms with Gasteiger partial charge in [-0.3, -0.25) is 4.79 Å². The number of carbonyl (C=O) groups is 1. The molecule has 0 aromatic heterocycles. The van der Waals surface area contributed by atoms with Crippen LogP contribution in [0.25, 0.3) is 0 Å². The van der Waals surface area contributed by atoms with E-state index in [9.17, 15) is 4.79 Å². The van der Waals surface area contributed by atoms with Crippen molar-refractivity contribution in [1.82, 2.24) is 5.32 Å². The number of hydrogen-bond acceptors (Lipinski definition) is 1. The Morgan fingerprint density at radius 3 is 2.71 bits per heavy atom. The quantitative estimate of drug-likeness (QED) is 0.823. The molecule has 1 amide bonds. The lowest BCUT2D eigenvalue weighted by Gasteiger charge is -2.19. The summed E-state index contributed by atoms with van der Waals surface area (Å²) in [7, 11) is 0. The average molecular weight is 320 g/mol. The van der Waals surface area contributed by atoms with Crippen molar-refractivity contribution < 1.29 is 4.79 Å². The standard InChI is InChI=1S/C17H15Cl2NO/c1-10-6-13(8-14(18)7-10)16(19)12-3-2-11-4-5-20-17(21)15(11)9-12/h2-3,6-9,16H,4-5H2,1H3,(H,20,21). The summed E-state index contributed by atoms with van der Waals surface area (Å²) in [6, 6.07) is 11.7. The number of halogens is 2. The molecular weight excluding hydrogens is 305 g/mol. The Labute approximate surface area is 134 Å². The van der Waals surface area contributed by atoms with Crippen molar-refractivity contribution in [1.29, 1.82) is 0 Å². The minimum Gasteiger partial charge on any atom is -0.352 e. The number of aryl methyl sites for hydroxylation is 1. The van der Waals surface area contributed by atoms with Crippen LogP contribution >= 0.6 is 23.2 Å². The van der Waals surface area contributed by atoms with Crippen LogP contribution < -0.4 is 5.32 Å². The number of alkyl halides is 1. The SMILES string of the molecule is Cc1cc(Cl)cc(C(Cl)c2ccc3c(c2)C(=O)NCC3)c1. The first kappa shape index (κ1) is 14.4. The van der Waals surface area contributed by atoms with Crippen LogP contribution in [0.3, 0.4) is 0 Å². The summed E-state index contributed by atoms with van der Waals surface area (Å²) in [6.07, 6.45) is 0.866. The molecule has 2 aromatic carbocycles. The third kappa shape index (κ3) is 2.92. The van der Waals surface area contributed by atoms with Gasteiger partial charge in [-0.15, -0.1) is 11.6 Å². The van der Waals surface area contributed by atoms with Crippen LogP contribution in [0.4, 0.5) is 0 Å². The van der Waals surface area contributed by atoms with Gasteiger partial charge in [-0.25, -0.2) is 0 Å². The van der Waals surface area contributed by atoms with Crippen LogP contribution in [0.15, 0.2) is 36.4 Å². The molecule has 0 saturated heterocycles. The monoisotopic (exact) mass is 319 g/mol. The maximum atomic E-state index is 11.9. The lowest BCUT2D eigenvalue weighted by molar-refractivity contribution is 0.0946. The molecule has 1 heterocycles. The van der Waals surface area contributed by atoms with E-state index in [1.165, 1.54) is 0 Å². The van der Waals surface area contributed by atoms with Crippen LogP contribution in [0, 0.1) is 6.92 Å². The Morgan fingerprint density at radius 2 is 1.95 bits per heavy atom. The van der Waals surface area contributed by atoms with Gasteiger partial charge in [-0.1, -0.05) is 29.8 Å². The van der Waals surface area contributed by atoms with Crippen molar-refractivity contribution in [3.05, 3.63) is 69.2 Å². The van der Waals surface area contributed by atoms with Crippen LogP contribution in [0.5, 0.6) is 0 Å². The largest absolute Gasteiger partial charge is 0.352 e. The van der Waals surface area contributed by atoms with Gasteiger partial charge in [-0.05, 0) is 53.8 Å². The fraction of sp³-hybridized carbons (Fsp3) is 0.235. The highest BCUT2D eigenvalue weighted by molar-refractivity contribution is 6.31. The van der Waals surface area contributed by atoms with Crippen molar-refractivity contribution in [3.63, 3.8) is 0 Å². The summed E-state index contributed by atoms with van der Waals surface area (Å²) >= 11 is 12.7. The molecule has 1 aliphatic heterocycles. The highest BCUT2D eigenvalue weighted by atomic mass is 35.5. The molecule has 4 heteroatoms. The van der Waals surface area contributed by atoms with Crippen LogP contribution in [-0.4, -0.2) is 12.5 Å². The van der Waals surface area contributed by atoms with Gasteiger partial charge in [0.15, 0.2) is 0 Å².